The van der Waals surface area contributed by atoms with Gasteiger partial charge in [-0.05, 0) is 54.5 Å². The maximum absolute atomic E-state index is 13.7. The summed E-state index contributed by atoms with van der Waals surface area (Å²) in [6, 6.07) is 18.9. The summed E-state index contributed by atoms with van der Waals surface area (Å²) in [5.41, 5.74) is 2.33. The Hall–Kier alpha value is -3.80. The first kappa shape index (κ1) is 21.4. The van der Waals surface area contributed by atoms with E-state index in [2.05, 4.69) is 5.32 Å². The minimum Gasteiger partial charge on any atom is -0.495 e. The summed E-state index contributed by atoms with van der Waals surface area (Å²) < 4.78 is 39.0. The molecule has 0 saturated heterocycles. The van der Waals surface area contributed by atoms with Gasteiger partial charge >= 0.3 is 0 Å². The molecule has 4 rings (SSSR count). The topological polar surface area (TPSA) is 33.7 Å². The van der Waals surface area contributed by atoms with Gasteiger partial charge in [-0.2, -0.15) is 0 Å². The lowest BCUT2D eigenvalue weighted by atomic mass is 10.1. The van der Waals surface area contributed by atoms with Crippen LogP contribution in [-0.2, 0) is 6.54 Å². The van der Waals surface area contributed by atoms with Gasteiger partial charge in [0.25, 0.3) is 0 Å². The molecule has 4 nitrogen and oxygen atoms in total. The minimum atomic E-state index is -0.602. The zero-order valence-corrected chi connectivity index (χ0v) is 17.9. The molecule has 164 valence electrons. The third-order valence-corrected chi connectivity index (χ3v) is 5.13. The van der Waals surface area contributed by atoms with Gasteiger partial charge in [-0.3, -0.25) is 0 Å². The van der Waals surface area contributed by atoms with Gasteiger partial charge in [0.15, 0.2) is 0 Å². The van der Waals surface area contributed by atoms with Crippen molar-refractivity contribution in [1.29, 1.82) is 0 Å². The number of hydrogen-bond acceptors (Lipinski definition) is 4. The van der Waals surface area contributed by atoms with Crippen molar-refractivity contribution in [3.05, 3.63) is 114 Å². The van der Waals surface area contributed by atoms with Crippen LogP contribution < -0.4 is 14.8 Å². The summed E-state index contributed by atoms with van der Waals surface area (Å²) in [4.78, 5) is 1.94. The fourth-order valence-electron chi connectivity index (χ4n) is 3.55. The maximum Gasteiger partial charge on any atom is 0.142 e. The number of benzene rings is 3. The zero-order valence-electron chi connectivity index (χ0n) is 17.9. The van der Waals surface area contributed by atoms with Crippen molar-refractivity contribution in [1.82, 2.24) is 4.90 Å². The first-order chi connectivity index (χ1) is 15.5. The van der Waals surface area contributed by atoms with Crippen molar-refractivity contribution in [2.24, 2.45) is 0 Å². The molecule has 1 atom stereocenters. The molecule has 6 heteroatoms. The summed E-state index contributed by atoms with van der Waals surface area (Å²) >= 11 is 0. The van der Waals surface area contributed by atoms with Gasteiger partial charge in [0, 0.05) is 24.9 Å². The second kappa shape index (κ2) is 9.56. The van der Waals surface area contributed by atoms with Crippen LogP contribution in [-0.4, -0.2) is 18.2 Å². The predicted octanol–water partition coefficient (Wildman–Crippen LogP) is 6.01. The molecule has 1 unspecified atom stereocenters. The van der Waals surface area contributed by atoms with Crippen LogP contribution in [0.1, 0.15) is 11.1 Å². The molecule has 0 saturated carbocycles. The van der Waals surface area contributed by atoms with Gasteiger partial charge in [0.2, 0.25) is 0 Å². The van der Waals surface area contributed by atoms with E-state index in [0.29, 0.717) is 23.6 Å². The Balaban J connectivity index is 1.62. The highest BCUT2D eigenvalue weighted by Crippen LogP contribution is 2.28. The van der Waals surface area contributed by atoms with Crippen molar-refractivity contribution in [3.63, 3.8) is 0 Å². The number of para-hydroxylation sites is 3. The highest BCUT2D eigenvalue weighted by molar-refractivity contribution is 5.57. The average molecular weight is 434 g/mol. The Morgan fingerprint density at radius 3 is 2.34 bits per heavy atom. The summed E-state index contributed by atoms with van der Waals surface area (Å²) in [5, 5.41) is 3.44. The van der Waals surface area contributed by atoms with E-state index in [9.17, 15) is 8.78 Å². The molecule has 0 amide bonds. The van der Waals surface area contributed by atoms with E-state index in [0.717, 1.165) is 23.1 Å². The second-order valence-corrected chi connectivity index (χ2v) is 7.49. The third kappa shape index (κ3) is 5.09. The minimum absolute atomic E-state index is 0.298. The van der Waals surface area contributed by atoms with Crippen LogP contribution in [0.5, 0.6) is 11.5 Å². The molecule has 0 aliphatic carbocycles. The highest BCUT2D eigenvalue weighted by atomic mass is 19.1. The van der Waals surface area contributed by atoms with Crippen molar-refractivity contribution in [3.8, 4) is 11.5 Å². The molecule has 1 aliphatic rings. The van der Waals surface area contributed by atoms with Crippen molar-refractivity contribution in [2.75, 3.05) is 12.4 Å². The molecule has 0 aromatic heterocycles. The van der Waals surface area contributed by atoms with E-state index in [1.165, 1.54) is 12.1 Å². The van der Waals surface area contributed by atoms with Gasteiger partial charge in [-0.1, -0.05) is 30.3 Å². The quantitative estimate of drug-likeness (QED) is 0.494. The SMILES string of the molecule is COc1ccccc1NC1C=C(Oc2ccccc2C)C=CN1Cc1cc(F)cc(F)c1. The Labute approximate surface area is 186 Å². The van der Waals surface area contributed by atoms with Crippen LogP contribution in [0.25, 0.3) is 0 Å². The largest absolute Gasteiger partial charge is 0.495 e. The van der Waals surface area contributed by atoms with E-state index < -0.39 is 11.6 Å². The summed E-state index contributed by atoms with van der Waals surface area (Å²) in [6.07, 6.45) is 5.27. The zero-order chi connectivity index (χ0) is 22.5. The summed E-state index contributed by atoms with van der Waals surface area (Å²) in [7, 11) is 1.61. The van der Waals surface area contributed by atoms with Crippen molar-refractivity contribution in [2.45, 2.75) is 19.6 Å². The number of ether oxygens (including phenoxy) is 2. The third-order valence-electron chi connectivity index (χ3n) is 5.13. The van der Waals surface area contributed by atoms with Gasteiger partial charge in [0.05, 0.1) is 12.8 Å². The Morgan fingerprint density at radius 2 is 1.62 bits per heavy atom. The lowest BCUT2D eigenvalue weighted by molar-refractivity contribution is 0.312. The first-order valence-corrected chi connectivity index (χ1v) is 10.3. The van der Waals surface area contributed by atoms with Crippen LogP contribution >= 0.6 is 0 Å². The number of methoxy groups -OCH3 is 1. The number of rotatable bonds is 7. The van der Waals surface area contributed by atoms with E-state index >= 15 is 0 Å². The van der Waals surface area contributed by atoms with Crippen molar-refractivity contribution >= 4 is 5.69 Å². The summed E-state index contributed by atoms with van der Waals surface area (Å²) in [6.45, 7) is 2.28. The number of nitrogens with one attached hydrogen (secondary N) is 1. The van der Waals surface area contributed by atoms with Gasteiger partial charge in [0.1, 0.15) is 35.1 Å². The van der Waals surface area contributed by atoms with Gasteiger partial charge in [-0.15, -0.1) is 0 Å². The number of aryl methyl sites for hydroxylation is 1. The lowest BCUT2D eigenvalue weighted by Gasteiger charge is -2.33. The van der Waals surface area contributed by atoms with Crippen LogP contribution in [0.2, 0.25) is 0 Å². The smallest absolute Gasteiger partial charge is 0.142 e. The Bertz CT molecular complexity index is 1140. The molecule has 3 aromatic carbocycles. The molecule has 0 fully saturated rings. The van der Waals surface area contributed by atoms with Crippen LogP contribution in [0.15, 0.2) is 90.8 Å². The van der Waals surface area contributed by atoms with Crippen LogP contribution in [0, 0.1) is 18.6 Å². The van der Waals surface area contributed by atoms with Crippen LogP contribution in [0.4, 0.5) is 14.5 Å². The number of hydrogen-bond donors (Lipinski definition) is 1. The normalized spacial score (nSPS) is 15.3. The average Bonchev–Trinajstić information content (AvgIpc) is 2.77. The van der Waals surface area contributed by atoms with E-state index in [4.69, 9.17) is 9.47 Å². The monoisotopic (exact) mass is 434 g/mol. The standard InChI is InChI=1S/C26H24F2N2O2/c1-18-7-3-5-9-24(18)32-22-11-12-30(17-19-13-20(27)15-21(28)14-19)26(16-22)29-23-8-4-6-10-25(23)31-2/h3-16,26,29H,17H2,1-2H3. The number of anilines is 1. The lowest BCUT2D eigenvalue weighted by Crippen LogP contribution is -2.37. The number of nitrogens with zero attached hydrogens (tertiary/aromatic N) is 1. The maximum atomic E-state index is 13.7. The molecule has 0 spiro atoms. The molecule has 1 heterocycles. The van der Waals surface area contributed by atoms with Gasteiger partial charge < -0.3 is 19.7 Å². The Kier molecular flexibility index (Phi) is 6.40. The van der Waals surface area contributed by atoms with Gasteiger partial charge in [-0.25, -0.2) is 8.78 Å². The van der Waals surface area contributed by atoms with Crippen molar-refractivity contribution < 1.29 is 18.3 Å². The molecule has 32 heavy (non-hydrogen) atoms. The molecular weight excluding hydrogens is 410 g/mol. The highest BCUT2D eigenvalue weighted by Gasteiger charge is 2.21. The number of allylic oxidation sites excluding steroid dienone is 1. The van der Waals surface area contributed by atoms with Crippen LogP contribution in [0.3, 0.4) is 0 Å². The van der Waals surface area contributed by atoms with E-state index in [1.807, 2.05) is 78.7 Å². The fourth-order valence-corrected chi connectivity index (χ4v) is 3.55. The summed E-state index contributed by atoms with van der Waals surface area (Å²) in [5.74, 6) is 0.908. The molecule has 3 aromatic rings. The number of halogens is 2. The molecule has 1 aliphatic heterocycles. The molecule has 0 bridgehead atoms. The van der Waals surface area contributed by atoms with E-state index in [1.54, 1.807) is 7.11 Å². The predicted molar refractivity (Wildman–Crippen MR) is 121 cm³/mol. The molecular formula is C26H24F2N2O2. The van der Waals surface area contributed by atoms with E-state index in [-0.39, 0.29) is 6.17 Å². The molecule has 0 radical (unpaired) electrons. The Morgan fingerprint density at radius 1 is 0.938 bits per heavy atom. The second-order valence-electron chi connectivity index (χ2n) is 7.49. The molecule has 1 N–H and O–H groups in total. The first-order valence-electron chi connectivity index (χ1n) is 10.3. The fraction of sp³-hybridized carbons (Fsp3) is 0.154.